The van der Waals surface area contributed by atoms with E-state index < -0.39 is 0 Å². The van der Waals surface area contributed by atoms with E-state index in [9.17, 15) is 0 Å². The van der Waals surface area contributed by atoms with Crippen molar-refractivity contribution in [1.29, 1.82) is 0 Å². The molecule has 11 heavy (non-hydrogen) atoms. The van der Waals surface area contributed by atoms with Crippen LogP contribution in [-0.2, 0) is 6.54 Å². The van der Waals surface area contributed by atoms with E-state index in [1.807, 2.05) is 0 Å². The molecule has 2 N–H and O–H groups in total. The Morgan fingerprint density at radius 2 is 2.27 bits per heavy atom. The van der Waals surface area contributed by atoms with Gasteiger partial charge in [0.1, 0.15) is 0 Å². The zero-order chi connectivity index (χ0) is 7.68. The van der Waals surface area contributed by atoms with Crippen LogP contribution in [0.15, 0.2) is 6.20 Å². The first-order chi connectivity index (χ1) is 5.40. The third kappa shape index (κ3) is 1.35. The smallest absolute Gasteiger partial charge is 0.164 e. The number of rotatable bonds is 2. The molecule has 1 aromatic heterocycles. The Morgan fingerprint density at radius 3 is 2.73 bits per heavy atom. The molecule has 0 saturated heterocycles. The molecule has 0 aliphatic heterocycles. The molecule has 4 nitrogen and oxygen atoms in total. The molecular weight excluding hydrogens is 140 g/mol. The summed E-state index contributed by atoms with van der Waals surface area (Å²) < 4.78 is 0. The topological polar surface area (TPSA) is 64.7 Å². The van der Waals surface area contributed by atoms with Crippen LogP contribution in [0.2, 0.25) is 0 Å². The molecule has 1 aromatic rings. The first kappa shape index (κ1) is 6.67. The third-order valence-electron chi connectivity index (χ3n) is 1.80. The number of aromatic nitrogens is 3. The van der Waals surface area contributed by atoms with Crippen LogP contribution in [0.4, 0.5) is 0 Å². The van der Waals surface area contributed by atoms with E-state index in [1.54, 1.807) is 6.20 Å². The number of nitrogens with two attached hydrogens (primary N) is 1. The molecule has 1 aliphatic rings. The van der Waals surface area contributed by atoms with E-state index in [2.05, 4.69) is 15.2 Å². The highest BCUT2D eigenvalue weighted by Crippen LogP contribution is 2.38. The van der Waals surface area contributed by atoms with Crippen LogP contribution in [0.3, 0.4) is 0 Å². The predicted octanol–water partition coefficient (Wildman–Crippen LogP) is 0.208. The van der Waals surface area contributed by atoms with Gasteiger partial charge in [0.15, 0.2) is 5.82 Å². The van der Waals surface area contributed by atoms with Crippen molar-refractivity contribution in [2.24, 2.45) is 5.73 Å². The van der Waals surface area contributed by atoms with Gasteiger partial charge < -0.3 is 5.73 Å². The normalized spacial score (nSPS) is 16.8. The molecule has 2 rings (SSSR count). The monoisotopic (exact) mass is 150 g/mol. The summed E-state index contributed by atoms with van der Waals surface area (Å²) in [6.07, 6.45) is 4.25. The number of hydrogen-bond donors (Lipinski definition) is 1. The van der Waals surface area contributed by atoms with E-state index in [4.69, 9.17) is 5.73 Å². The van der Waals surface area contributed by atoms with Gasteiger partial charge in [0, 0.05) is 5.92 Å². The Balaban J connectivity index is 2.19. The fourth-order valence-corrected chi connectivity index (χ4v) is 0.967. The van der Waals surface area contributed by atoms with Gasteiger partial charge in [-0.15, -0.1) is 5.10 Å². The molecule has 1 fully saturated rings. The van der Waals surface area contributed by atoms with Crippen molar-refractivity contribution in [3.63, 3.8) is 0 Å². The van der Waals surface area contributed by atoms with Gasteiger partial charge in [0.2, 0.25) is 0 Å². The van der Waals surface area contributed by atoms with Crippen molar-refractivity contribution in [2.45, 2.75) is 25.3 Å². The SMILES string of the molecule is NCc1ncc(C2CC2)nn1. The maximum atomic E-state index is 5.33. The zero-order valence-electron chi connectivity index (χ0n) is 6.20. The molecule has 4 heteroatoms. The van der Waals surface area contributed by atoms with Crippen LogP contribution in [0, 0.1) is 0 Å². The summed E-state index contributed by atoms with van der Waals surface area (Å²) in [5, 5.41) is 7.89. The number of hydrogen-bond acceptors (Lipinski definition) is 4. The van der Waals surface area contributed by atoms with Crippen LogP contribution in [0.25, 0.3) is 0 Å². The highest BCUT2D eigenvalue weighted by molar-refractivity contribution is 5.09. The summed E-state index contributed by atoms with van der Waals surface area (Å²) in [5.41, 5.74) is 6.34. The Kier molecular flexibility index (Phi) is 1.54. The van der Waals surface area contributed by atoms with E-state index >= 15 is 0 Å². The molecular formula is C7H10N4. The van der Waals surface area contributed by atoms with Gasteiger partial charge >= 0.3 is 0 Å². The fraction of sp³-hybridized carbons (Fsp3) is 0.571. The minimum Gasteiger partial charge on any atom is -0.324 e. The molecule has 0 atom stereocenters. The van der Waals surface area contributed by atoms with Crippen molar-refractivity contribution in [3.05, 3.63) is 17.7 Å². The Bertz CT molecular complexity index is 239. The molecule has 1 heterocycles. The van der Waals surface area contributed by atoms with Crippen molar-refractivity contribution < 1.29 is 0 Å². The third-order valence-corrected chi connectivity index (χ3v) is 1.80. The summed E-state index contributed by atoms with van der Waals surface area (Å²) in [7, 11) is 0. The molecule has 1 saturated carbocycles. The van der Waals surface area contributed by atoms with Crippen LogP contribution in [0.1, 0.15) is 30.3 Å². The lowest BCUT2D eigenvalue weighted by Crippen LogP contribution is -2.05. The van der Waals surface area contributed by atoms with Gasteiger partial charge in [-0.3, -0.25) is 0 Å². The van der Waals surface area contributed by atoms with Crippen LogP contribution in [0.5, 0.6) is 0 Å². The van der Waals surface area contributed by atoms with E-state index in [0.29, 0.717) is 18.3 Å². The van der Waals surface area contributed by atoms with Crippen molar-refractivity contribution in [3.8, 4) is 0 Å². The summed E-state index contributed by atoms with van der Waals surface area (Å²) in [4.78, 5) is 4.06. The van der Waals surface area contributed by atoms with Crippen LogP contribution in [-0.4, -0.2) is 15.2 Å². The lowest BCUT2D eigenvalue weighted by Gasteiger charge is -1.95. The van der Waals surface area contributed by atoms with Gasteiger partial charge in [-0.1, -0.05) is 0 Å². The van der Waals surface area contributed by atoms with E-state index in [1.165, 1.54) is 12.8 Å². The molecule has 0 aromatic carbocycles. The number of nitrogens with zero attached hydrogens (tertiary/aromatic N) is 3. The maximum Gasteiger partial charge on any atom is 0.164 e. The summed E-state index contributed by atoms with van der Waals surface area (Å²) in [6.45, 7) is 0.373. The molecule has 0 bridgehead atoms. The second-order valence-corrected chi connectivity index (χ2v) is 2.78. The minimum absolute atomic E-state index is 0.373. The minimum atomic E-state index is 0.373. The lowest BCUT2D eigenvalue weighted by atomic mass is 10.3. The summed E-state index contributed by atoms with van der Waals surface area (Å²) in [6, 6.07) is 0. The Morgan fingerprint density at radius 1 is 1.45 bits per heavy atom. The highest BCUT2D eigenvalue weighted by atomic mass is 15.2. The van der Waals surface area contributed by atoms with Crippen LogP contribution < -0.4 is 5.73 Å². The second-order valence-electron chi connectivity index (χ2n) is 2.78. The second kappa shape index (κ2) is 2.54. The van der Waals surface area contributed by atoms with Gasteiger partial charge in [-0.25, -0.2) is 4.98 Å². The molecule has 0 radical (unpaired) electrons. The Hall–Kier alpha value is -1.03. The van der Waals surface area contributed by atoms with Gasteiger partial charge in [0.25, 0.3) is 0 Å². The quantitative estimate of drug-likeness (QED) is 0.654. The van der Waals surface area contributed by atoms with E-state index in [-0.39, 0.29) is 0 Å². The zero-order valence-corrected chi connectivity index (χ0v) is 6.20. The highest BCUT2D eigenvalue weighted by Gasteiger charge is 2.25. The average Bonchev–Trinajstić information content (AvgIpc) is 2.87. The van der Waals surface area contributed by atoms with E-state index in [0.717, 1.165) is 5.69 Å². The fourth-order valence-electron chi connectivity index (χ4n) is 0.967. The average molecular weight is 150 g/mol. The summed E-state index contributed by atoms with van der Waals surface area (Å²) >= 11 is 0. The standard InChI is InChI=1S/C7H10N4/c8-3-7-9-4-6(10-11-7)5-1-2-5/h4-5H,1-3,8H2. The van der Waals surface area contributed by atoms with Gasteiger partial charge in [-0.05, 0) is 12.8 Å². The maximum absolute atomic E-state index is 5.33. The van der Waals surface area contributed by atoms with Crippen LogP contribution >= 0.6 is 0 Å². The molecule has 0 amide bonds. The first-order valence-electron chi connectivity index (χ1n) is 3.78. The van der Waals surface area contributed by atoms with Crippen molar-refractivity contribution in [2.75, 3.05) is 0 Å². The van der Waals surface area contributed by atoms with Crippen molar-refractivity contribution in [1.82, 2.24) is 15.2 Å². The largest absolute Gasteiger partial charge is 0.324 e. The van der Waals surface area contributed by atoms with Gasteiger partial charge in [0.05, 0.1) is 18.4 Å². The summed E-state index contributed by atoms with van der Waals surface area (Å²) in [5.74, 6) is 1.25. The lowest BCUT2D eigenvalue weighted by molar-refractivity contribution is 0.788. The molecule has 58 valence electrons. The van der Waals surface area contributed by atoms with Crippen molar-refractivity contribution >= 4 is 0 Å². The molecule has 1 aliphatic carbocycles. The molecule has 0 spiro atoms. The van der Waals surface area contributed by atoms with Gasteiger partial charge in [-0.2, -0.15) is 5.10 Å². The molecule has 0 unspecified atom stereocenters. The first-order valence-corrected chi connectivity index (χ1v) is 3.78. The Labute approximate surface area is 64.9 Å². The predicted molar refractivity (Wildman–Crippen MR) is 39.7 cm³/mol.